The Kier molecular flexibility index (Phi) is 5.69. The van der Waals surface area contributed by atoms with Crippen LogP contribution in [0.3, 0.4) is 0 Å². The third-order valence-electron chi connectivity index (χ3n) is 4.92. The Morgan fingerprint density at radius 2 is 1.36 bits per heavy atom. The molecule has 4 aromatic rings. The first kappa shape index (κ1) is 22.2. The number of para-hydroxylation sites is 1. The minimum atomic E-state index is -4.85. The predicted molar refractivity (Wildman–Crippen MR) is 119 cm³/mol. The lowest BCUT2D eigenvalue weighted by atomic mass is 9.94. The quantitative estimate of drug-likeness (QED) is 0.222. The molecule has 0 spiro atoms. The largest absolute Gasteiger partial charge is 0.418 e. The molecule has 0 aliphatic carbocycles. The van der Waals surface area contributed by atoms with Crippen molar-refractivity contribution in [3.8, 4) is 32.0 Å². The molecule has 0 unspecified atom stereocenters. The van der Waals surface area contributed by atoms with Crippen LogP contribution in [0, 0.1) is 20.2 Å². The smallest absolute Gasteiger partial charge is 0.258 e. The van der Waals surface area contributed by atoms with Crippen molar-refractivity contribution in [3.05, 3.63) is 105 Å². The number of alkyl halides is 3. The van der Waals surface area contributed by atoms with Crippen molar-refractivity contribution < 1.29 is 23.0 Å². The van der Waals surface area contributed by atoms with Crippen LogP contribution in [0.25, 0.3) is 32.0 Å². The van der Waals surface area contributed by atoms with Gasteiger partial charge >= 0.3 is 6.18 Å². The summed E-state index contributed by atoms with van der Waals surface area (Å²) < 4.78 is 43.4. The second kappa shape index (κ2) is 8.47. The van der Waals surface area contributed by atoms with Crippen LogP contribution in [0.5, 0.6) is 0 Å². The Bertz CT molecular complexity index is 1370. The Hall–Kier alpha value is -4.05. The summed E-state index contributed by atoms with van der Waals surface area (Å²) >= 11 is 0.790. The van der Waals surface area contributed by atoms with Gasteiger partial charge in [-0.1, -0.05) is 54.6 Å². The molecule has 6 nitrogen and oxygen atoms in total. The summed E-state index contributed by atoms with van der Waals surface area (Å²) in [5.41, 5.74) is -1.96. The molecule has 0 saturated carbocycles. The van der Waals surface area contributed by atoms with Crippen LogP contribution >= 0.6 is 11.3 Å². The van der Waals surface area contributed by atoms with E-state index in [1.807, 2.05) is 0 Å². The van der Waals surface area contributed by atoms with Gasteiger partial charge in [0.2, 0.25) is 0 Å². The molecule has 0 aliphatic heterocycles. The molecule has 0 saturated heterocycles. The average molecular weight is 470 g/mol. The van der Waals surface area contributed by atoms with Gasteiger partial charge in [-0.05, 0) is 17.2 Å². The standard InChI is InChI=1S/C23H13F3N2O4S/c24-23(25,26)20-19(17-11-4-5-12-18(17)28(31)32)21(15-9-6-10-16(13-15)27(29)30)33-22(20)14-7-2-1-3-8-14/h1-13H. The summed E-state index contributed by atoms with van der Waals surface area (Å²) in [6.07, 6.45) is -4.85. The maximum absolute atomic E-state index is 14.5. The molecule has 10 heteroatoms. The lowest BCUT2D eigenvalue weighted by Gasteiger charge is -2.13. The van der Waals surface area contributed by atoms with Crippen LogP contribution in [0.15, 0.2) is 78.9 Å². The molecular weight excluding hydrogens is 457 g/mol. The van der Waals surface area contributed by atoms with E-state index < -0.39 is 27.3 Å². The lowest BCUT2D eigenvalue weighted by Crippen LogP contribution is -2.08. The van der Waals surface area contributed by atoms with Gasteiger partial charge in [-0.3, -0.25) is 20.2 Å². The van der Waals surface area contributed by atoms with Gasteiger partial charge in [0.1, 0.15) is 0 Å². The molecule has 166 valence electrons. The predicted octanol–water partition coefficient (Wildman–Crippen LogP) is 7.58. The number of nitro benzene ring substituents is 2. The van der Waals surface area contributed by atoms with Crippen molar-refractivity contribution in [1.29, 1.82) is 0 Å². The van der Waals surface area contributed by atoms with E-state index in [4.69, 9.17) is 0 Å². The maximum Gasteiger partial charge on any atom is 0.418 e. The van der Waals surface area contributed by atoms with Crippen LogP contribution in [0.1, 0.15) is 5.56 Å². The second-order valence-corrected chi connectivity index (χ2v) is 7.98. The van der Waals surface area contributed by atoms with Crippen LogP contribution in [-0.2, 0) is 6.18 Å². The van der Waals surface area contributed by atoms with Crippen molar-refractivity contribution >= 4 is 22.7 Å². The fourth-order valence-corrected chi connectivity index (χ4v) is 4.90. The topological polar surface area (TPSA) is 86.3 Å². The number of halogens is 3. The maximum atomic E-state index is 14.5. The zero-order valence-corrected chi connectivity index (χ0v) is 17.4. The molecular formula is C23H13F3N2O4S. The van der Waals surface area contributed by atoms with Gasteiger partial charge in [0.15, 0.2) is 0 Å². The number of nitro groups is 2. The van der Waals surface area contributed by atoms with Crippen molar-refractivity contribution in [3.63, 3.8) is 0 Å². The summed E-state index contributed by atoms with van der Waals surface area (Å²) in [6, 6.07) is 18.3. The first-order valence-electron chi connectivity index (χ1n) is 9.46. The molecule has 4 rings (SSSR count). The Balaban J connectivity index is 2.15. The van der Waals surface area contributed by atoms with Gasteiger partial charge in [-0.25, -0.2) is 0 Å². The molecule has 0 radical (unpaired) electrons. The van der Waals surface area contributed by atoms with Crippen molar-refractivity contribution in [2.45, 2.75) is 6.18 Å². The van der Waals surface area contributed by atoms with E-state index in [9.17, 15) is 33.4 Å². The molecule has 0 fully saturated rings. The van der Waals surface area contributed by atoms with E-state index in [1.165, 1.54) is 54.6 Å². The highest BCUT2D eigenvalue weighted by Crippen LogP contribution is 2.54. The first-order valence-corrected chi connectivity index (χ1v) is 10.3. The van der Waals surface area contributed by atoms with Crippen LogP contribution in [0.4, 0.5) is 24.5 Å². The van der Waals surface area contributed by atoms with E-state index in [2.05, 4.69) is 0 Å². The highest BCUT2D eigenvalue weighted by Gasteiger charge is 2.41. The van der Waals surface area contributed by atoms with E-state index in [0.717, 1.165) is 17.4 Å². The van der Waals surface area contributed by atoms with Crippen LogP contribution < -0.4 is 0 Å². The van der Waals surface area contributed by atoms with Gasteiger partial charge in [-0.2, -0.15) is 13.2 Å². The number of rotatable bonds is 5. The number of non-ortho nitro benzene ring substituents is 1. The third kappa shape index (κ3) is 4.20. The molecule has 1 heterocycles. The Labute approximate surface area is 188 Å². The lowest BCUT2D eigenvalue weighted by molar-refractivity contribution is -0.384. The molecule has 0 atom stereocenters. The number of nitrogens with zero attached hydrogens (tertiary/aromatic N) is 2. The highest BCUT2D eigenvalue weighted by atomic mass is 32.1. The van der Waals surface area contributed by atoms with Crippen molar-refractivity contribution in [1.82, 2.24) is 0 Å². The van der Waals surface area contributed by atoms with E-state index in [0.29, 0.717) is 0 Å². The molecule has 1 aromatic heterocycles. The minimum absolute atomic E-state index is 0.0548. The summed E-state index contributed by atoms with van der Waals surface area (Å²) in [4.78, 5) is 21.5. The summed E-state index contributed by atoms with van der Waals surface area (Å²) in [5.74, 6) is 0. The first-order chi connectivity index (χ1) is 15.7. The van der Waals surface area contributed by atoms with E-state index in [-0.39, 0.29) is 37.7 Å². The number of hydrogen-bond acceptors (Lipinski definition) is 5. The zero-order chi connectivity index (χ0) is 23.8. The summed E-state index contributed by atoms with van der Waals surface area (Å²) in [7, 11) is 0. The van der Waals surface area contributed by atoms with Crippen molar-refractivity contribution in [2.24, 2.45) is 0 Å². The highest BCUT2D eigenvalue weighted by molar-refractivity contribution is 7.19. The van der Waals surface area contributed by atoms with Gasteiger partial charge in [0.05, 0.1) is 21.0 Å². The fourth-order valence-electron chi connectivity index (χ4n) is 3.56. The molecule has 0 bridgehead atoms. The summed E-state index contributed by atoms with van der Waals surface area (Å²) in [6.45, 7) is 0. The number of benzene rings is 3. The van der Waals surface area contributed by atoms with Gasteiger partial charge in [0, 0.05) is 33.5 Å². The fraction of sp³-hybridized carbons (Fsp3) is 0.0435. The third-order valence-corrected chi connectivity index (χ3v) is 6.20. The van der Waals surface area contributed by atoms with Gasteiger partial charge in [-0.15, -0.1) is 11.3 Å². The Morgan fingerprint density at radius 3 is 2.00 bits per heavy atom. The van der Waals surface area contributed by atoms with Crippen LogP contribution in [-0.4, -0.2) is 9.85 Å². The van der Waals surface area contributed by atoms with Crippen LogP contribution in [0.2, 0.25) is 0 Å². The average Bonchev–Trinajstić information content (AvgIpc) is 3.21. The van der Waals surface area contributed by atoms with E-state index >= 15 is 0 Å². The number of thiophene rings is 1. The van der Waals surface area contributed by atoms with E-state index in [1.54, 1.807) is 18.2 Å². The minimum Gasteiger partial charge on any atom is -0.258 e. The normalized spacial score (nSPS) is 11.4. The van der Waals surface area contributed by atoms with Crippen molar-refractivity contribution in [2.75, 3.05) is 0 Å². The molecule has 0 aliphatic rings. The van der Waals surface area contributed by atoms with Gasteiger partial charge in [0.25, 0.3) is 11.4 Å². The Morgan fingerprint density at radius 1 is 0.727 bits per heavy atom. The monoisotopic (exact) mass is 470 g/mol. The SMILES string of the molecule is O=[N+]([O-])c1cccc(-c2sc(-c3ccccc3)c(C(F)(F)F)c2-c2ccccc2[N+](=O)[O-])c1. The second-order valence-electron chi connectivity index (χ2n) is 6.96. The van der Waals surface area contributed by atoms with Gasteiger partial charge < -0.3 is 0 Å². The molecule has 33 heavy (non-hydrogen) atoms. The zero-order valence-electron chi connectivity index (χ0n) is 16.6. The summed E-state index contributed by atoms with van der Waals surface area (Å²) in [5, 5.41) is 22.9. The molecule has 3 aromatic carbocycles. The molecule has 0 N–H and O–H groups in total. The number of hydrogen-bond donors (Lipinski definition) is 0. The molecule has 0 amide bonds.